The number of hydrogen-bond acceptors (Lipinski definition) is 4. The van der Waals surface area contributed by atoms with Gasteiger partial charge in [-0.15, -0.1) is 5.10 Å². The third kappa shape index (κ3) is 2.65. The van der Waals surface area contributed by atoms with E-state index in [9.17, 15) is 0 Å². The number of benzene rings is 1. The molecule has 0 aliphatic heterocycles. The average molecular weight is 258 g/mol. The molecule has 0 spiro atoms. The largest absolute Gasteiger partial charge is 0.408 e. The highest BCUT2D eigenvalue weighted by Gasteiger charge is 2.04. The van der Waals surface area contributed by atoms with E-state index in [0.717, 1.165) is 5.56 Å². The van der Waals surface area contributed by atoms with E-state index in [1.807, 2.05) is 0 Å². The Morgan fingerprint density at radius 1 is 1.31 bits per heavy atom. The maximum absolute atomic E-state index is 6.00. The molecule has 2 rings (SSSR count). The molecule has 0 aliphatic rings. The minimum absolute atomic E-state index is 0.369. The van der Waals surface area contributed by atoms with Crippen molar-refractivity contribution in [1.82, 2.24) is 10.2 Å². The number of aryl methyl sites for hydroxylation is 1. The second-order valence-electron chi connectivity index (χ2n) is 3.22. The zero-order chi connectivity index (χ0) is 11.5. The third-order valence-electron chi connectivity index (χ3n) is 1.96. The summed E-state index contributed by atoms with van der Waals surface area (Å²) in [6.07, 6.45) is 0. The Balaban J connectivity index is 2.07. The van der Waals surface area contributed by atoms with Gasteiger partial charge in [-0.05, 0) is 23.8 Å². The molecule has 0 aliphatic carbocycles. The van der Waals surface area contributed by atoms with Crippen molar-refractivity contribution in [3.05, 3.63) is 39.7 Å². The molecule has 0 amide bonds. The summed E-state index contributed by atoms with van der Waals surface area (Å²) in [5.41, 5.74) is 0.880. The van der Waals surface area contributed by atoms with Gasteiger partial charge in [0.2, 0.25) is 5.89 Å². The van der Waals surface area contributed by atoms with Gasteiger partial charge in [0.25, 0.3) is 0 Å². The fourth-order valence-electron chi connectivity index (χ4n) is 1.22. The highest BCUT2D eigenvalue weighted by molar-refractivity contribution is 6.33. The summed E-state index contributed by atoms with van der Waals surface area (Å²) < 4.78 is 5.17. The van der Waals surface area contributed by atoms with Gasteiger partial charge in [-0.2, -0.15) is 0 Å². The Labute approximate surface area is 103 Å². The van der Waals surface area contributed by atoms with Crippen molar-refractivity contribution in [1.29, 1.82) is 0 Å². The monoisotopic (exact) mass is 257 g/mol. The molecule has 0 radical (unpaired) electrons. The van der Waals surface area contributed by atoms with Crippen LogP contribution >= 0.6 is 23.2 Å². The Kier molecular flexibility index (Phi) is 3.31. The maximum Gasteiger partial charge on any atom is 0.315 e. The van der Waals surface area contributed by atoms with Gasteiger partial charge in [0.05, 0.1) is 0 Å². The van der Waals surface area contributed by atoms with Gasteiger partial charge in [-0.25, -0.2) is 0 Å². The van der Waals surface area contributed by atoms with E-state index in [4.69, 9.17) is 27.6 Å². The van der Waals surface area contributed by atoms with E-state index in [1.54, 1.807) is 25.1 Å². The SMILES string of the molecule is Cc1nnc(NCc2cc(Cl)ccc2Cl)o1. The molecule has 1 aromatic heterocycles. The van der Waals surface area contributed by atoms with Crippen LogP contribution in [0.5, 0.6) is 0 Å². The van der Waals surface area contributed by atoms with Gasteiger partial charge in [-0.1, -0.05) is 28.3 Å². The predicted molar refractivity (Wildman–Crippen MR) is 62.8 cm³/mol. The van der Waals surface area contributed by atoms with Gasteiger partial charge in [0.15, 0.2) is 0 Å². The van der Waals surface area contributed by atoms with Crippen molar-refractivity contribution in [2.24, 2.45) is 0 Å². The van der Waals surface area contributed by atoms with E-state index in [-0.39, 0.29) is 0 Å². The number of hydrogen-bond donors (Lipinski definition) is 1. The first kappa shape index (κ1) is 11.2. The third-order valence-corrected chi connectivity index (χ3v) is 2.57. The maximum atomic E-state index is 6.00. The lowest BCUT2D eigenvalue weighted by atomic mass is 10.2. The first-order valence-corrected chi connectivity index (χ1v) is 5.38. The van der Waals surface area contributed by atoms with Gasteiger partial charge >= 0.3 is 6.01 Å². The topological polar surface area (TPSA) is 51.0 Å². The van der Waals surface area contributed by atoms with Crippen LogP contribution < -0.4 is 5.32 Å². The Hall–Kier alpha value is -1.26. The van der Waals surface area contributed by atoms with Crippen LogP contribution in [0.1, 0.15) is 11.5 Å². The molecule has 0 bridgehead atoms. The van der Waals surface area contributed by atoms with E-state index in [1.165, 1.54) is 0 Å². The molecule has 0 atom stereocenters. The van der Waals surface area contributed by atoms with Crippen LogP contribution in [0.25, 0.3) is 0 Å². The molecule has 0 fully saturated rings. The number of nitrogens with zero attached hydrogens (tertiary/aromatic N) is 2. The van der Waals surface area contributed by atoms with E-state index in [2.05, 4.69) is 15.5 Å². The Morgan fingerprint density at radius 2 is 2.12 bits per heavy atom. The highest BCUT2D eigenvalue weighted by atomic mass is 35.5. The molecule has 0 unspecified atom stereocenters. The smallest absolute Gasteiger partial charge is 0.315 e. The summed E-state index contributed by atoms with van der Waals surface area (Å²) in [6.45, 7) is 2.21. The normalized spacial score (nSPS) is 10.4. The lowest BCUT2D eigenvalue weighted by Gasteiger charge is -2.04. The fourth-order valence-corrected chi connectivity index (χ4v) is 1.60. The van der Waals surface area contributed by atoms with Crippen LogP contribution in [0.4, 0.5) is 6.01 Å². The molecule has 0 saturated heterocycles. The quantitative estimate of drug-likeness (QED) is 0.917. The number of aromatic nitrogens is 2. The van der Waals surface area contributed by atoms with Crippen LogP contribution in [0.3, 0.4) is 0 Å². The lowest BCUT2D eigenvalue weighted by Crippen LogP contribution is -2.00. The van der Waals surface area contributed by atoms with Crippen LogP contribution in [-0.2, 0) is 6.54 Å². The summed E-state index contributed by atoms with van der Waals surface area (Å²) >= 11 is 11.9. The number of nitrogens with one attached hydrogen (secondary N) is 1. The van der Waals surface area contributed by atoms with Crippen molar-refractivity contribution in [2.75, 3.05) is 5.32 Å². The first-order chi connectivity index (χ1) is 7.65. The van der Waals surface area contributed by atoms with E-state index in [0.29, 0.717) is 28.5 Å². The Morgan fingerprint density at radius 3 is 2.81 bits per heavy atom. The minimum atomic E-state index is 0.369. The van der Waals surface area contributed by atoms with E-state index < -0.39 is 0 Å². The van der Waals surface area contributed by atoms with Crippen molar-refractivity contribution in [2.45, 2.75) is 13.5 Å². The summed E-state index contributed by atoms with van der Waals surface area (Å²) in [6, 6.07) is 5.65. The molecule has 2 aromatic rings. The second-order valence-corrected chi connectivity index (χ2v) is 4.06. The average Bonchev–Trinajstić information content (AvgIpc) is 2.66. The summed E-state index contributed by atoms with van der Waals surface area (Å²) in [7, 11) is 0. The molecule has 0 saturated carbocycles. The van der Waals surface area contributed by atoms with Crippen molar-refractivity contribution in [3.8, 4) is 0 Å². The van der Waals surface area contributed by atoms with Gasteiger partial charge in [0, 0.05) is 23.5 Å². The first-order valence-electron chi connectivity index (χ1n) is 4.63. The van der Waals surface area contributed by atoms with Crippen LogP contribution in [0, 0.1) is 6.92 Å². The molecule has 16 heavy (non-hydrogen) atoms. The molecular weight excluding hydrogens is 249 g/mol. The summed E-state index contributed by atoms with van der Waals surface area (Å²) in [4.78, 5) is 0. The molecule has 1 aromatic carbocycles. The second kappa shape index (κ2) is 4.72. The number of anilines is 1. The number of halogens is 2. The molecule has 1 N–H and O–H groups in total. The zero-order valence-corrected chi connectivity index (χ0v) is 10.0. The molecule has 4 nitrogen and oxygen atoms in total. The number of rotatable bonds is 3. The van der Waals surface area contributed by atoms with Crippen molar-refractivity contribution >= 4 is 29.2 Å². The van der Waals surface area contributed by atoms with Crippen molar-refractivity contribution < 1.29 is 4.42 Å². The van der Waals surface area contributed by atoms with Crippen LogP contribution in [0.15, 0.2) is 22.6 Å². The van der Waals surface area contributed by atoms with Crippen LogP contribution in [-0.4, -0.2) is 10.2 Å². The predicted octanol–water partition coefficient (Wildman–Crippen LogP) is 3.30. The minimum Gasteiger partial charge on any atom is -0.408 e. The standard InChI is InChI=1S/C10H9Cl2N3O/c1-6-14-15-10(16-6)13-5-7-4-8(11)2-3-9(7)12/h2-4H,5H2,1H3,(H,13,15). The van der Waals surface area contributed by atoms with Gasteiger partial charge < -0.3 is 9.73 Å². The van der Waals surface area contributed by atoms with Gasteiger partial charge in [0.1, 0.15) is 0 Å². The van der Waals surface area contributed by atoms with Gasteiger partial charge in [-0.3, -0.25) is 0 Å². The molecule has 6 heteroatoms. The lowest BCUT2D eigenvalue weighted by molar-refractivity contribution is 0.530. The van der Waals surface area contributed by atoms with E-state index >= 15 is 0 Å². The fraction of sp³-hybridized carbons (Fsp3) is 0.200. The molecular formula is C10H9Cl2N3O. The highest BCUT2D eigenvalue weighted by Crippen LogP contribution is 2.21. The summed E-state index contributed by atoms with van der Waals surface area (Å²) in [5, 5.41) is 11.8. The van der Waals surface area contributed by atoms with Crippen LogP contribution in [0.2, 0.25) is 10.0 Å². The Bertz CT molecular complexity index is 499. The molecule has 84 valence electrons. The zero-order valence-electron chi connectivity index (χ0n) is 8.50. The summed E-state index contributed by atoms with van der Waals surface area (Å²) in [5.74, 6) is 0.514. The molecule has 1 heterocycles. The van der Waals surface area contributed by atoms with Crippen molar-refractivity contribution in [3.63, 3.8) is 0 Å².